The van der Waals surface area contributed by atoms with Crippen LogP contribution in [0.25, 0.3) is 0 Å². The molecule has 6 heteroatoms. The predicted molar refractivity (Wildman–Crippen MR) is 93.8 cm³/mol. The summed E-state index contributed by atoms with van der Waals surface area (Å²) in [6.07, 6.45) is -4.29. The third-order valence-electron chi connectivity index (χ3n) is 4.74. The predicted octanol–water partition coefficient (Wildman–Crippen LogP) is 4.55. The van der Waals surface area contributed by atoms with Gasteiger partial charge < -0.3 is 5.32 Å². The van der Waals surface area contributed by atoms with Crippen LogP contribution in [0.4, 0.5) is 13.2 Å². The summed E-state index contributed by atoms with van der Waals surface area (Å²) in [5, 5.41) is 4.12. The molecule has 0 amide bonds. The zero-order chi connectivity index (χ0) is 18.0. The summed E-state index contributed by atoms with van der Waals surface area (Å²) < 4.78 is 38.0. The summed E-state index contributed by atoms with van der Waals surface area (Å²) >= 11 is 6.11. The molecule has 2 aromatic carbocycles. The van der Waals surface area contributed by atoms with Gasteiger partial charge in [0.15, 0.2) is 0 Å². The highest BCUT2D eigenvalue weighted by Gasteiger charge is 2.32. The molecule has 0 aromatic heterocycles. The molecule has 1 N–H and O–H groups in total. The normalized spacial score (nSPS) is 21.0. The van der Waals surface area contributed by atoms with Crippen LogP contribution in [0.15, 0.2) is 48.5 Å². The average Bonchev–Trinajstić information content (AvgIpc) is 3.04. The molecule has 2 nitrogen and oxygen atoms in total. The van der Waals surface area contributed by atoms with Gasteiger partial charge in [0.2, 0.25) is 0 Å². The first-order valence-electron chi connectivity index (χ1n) is 8.17. The topological polar surface area (TPSA) is 15.3 Å². The van der Waals surface area contributed by atoms with Crippen molar-refractivity contribution >= 4 is 11.6 Å². The van der Waals surface area contributed by atoms with Crippen molar-refractivity contribution in [2.75, 3.05) is 20.1 Å². The fraction of sp³-hybridized carbons (Fsp3) is 0.368. The molecule has 0 bridgehead atoms. The number of nitrogens with one attached hydrogen (secondary N) is 1. The summed E-state index contributed by atoms with van der Waals surface area (Å²) in [7, 11) is 2.01. The highest BCUT2D eigenvalue weighted by atomic mass is 35.5. The second-order valence-corrected chi connectivity index (χ2v) is 6.93. The molecule has 1 aliphatic heterocycles. The largest absolute Gasteiger partial charge is 0.416 e. The summed E-state index contributed by atoms with van der Waals surface area (Å²) in [5.74, 6) is 0.304. The van der Waals surface area contributed by atoms with E-state index in [4.69, 9.17) is 11.6 Å². The zero-order valence-electron chi connectivity index (χ0n) is 13.9. The molecule has 1 aliphatic rings. The third kappa shape index (κ3) is 4.35. The van der Waals surface area contributed by atoms with Crippen molar-refractivity contribution in [2.24, 2.45) is 0 Å². The van der Waals surface area contributed by atoms with Gasteiger partial charge >= 0.3 is 6.18 Å². The highest BCUT2D eigenvalue weighted by Crippen LogP contribution is 2.31. The Bertz CT molecular complexity index is 715. The summed E-state index contributed by atoms with van der Waals surface area (Å²) in [6.45, 7) is 2.30. The van der Waals surface area contributed by atoms with Crippen molar-refractivity contribution in [3.8, 4) is 0 Å². The molecular weight excluding hydrogens is 349 g/mol. The maximum atomic E-state index is 12.7. The molecule has 25 heavy (non-hydrogen) atoms. The van der Waals surface area contributed by atoms with Crippen LogP contribution in [0.3, 0.4) is 0 Å². The molecule has 1 saturated heterocycles. The number of nitrogens with zero attached hydrogens (tertiary/aromatic N) is 1. The lowest BCUT2D eigenvalue weighted by Gasteiger charge is -2.29. The number of halogens is 4. The lowest BCUT2D eigenvalue weighted by Crippen LogP contribution is -2.36. The van der Waals surface area contributed by atoms with Gasteiger partial charge in [0.25, 0.3) is 0 Å². The molecule has 0 radical (unpaired) electrons. The lowest BCUT2D eigenvalue weighted by molar-refractivity contribution is -0.137. The van der Waals surface area contributed by atoms with Crippen molar-refractivity contribution in [3.63, 3.8) is 0 Å². The summed E-state index contributed by atoms with van der Waals surface area (Å²) in [5.41, 5.74) is 1.44. The van der Waals surface area contributed by atoms with Gasteiger partial charge in [-0.2, -0.15) is 13.2 Å². The molecule has 0 aliphatic carbocycles. The average molecular weight is 369 g/mol. The Labute approximate surface area is 150 Å². The zero-order valence-corrected chi connectivity index (χ0v) is 14.6. The molecular formula is C19H20ClF3N2. The van der Waals surface area contributed by atoms with E-state index in [1.807, 2.05) is 25.2 Å². The van der Waals surface area contributed by atoms with Crippen LogP contribution in [0.5, 0.6) is 0 Å². The van der Waals surface area contributed by atoms with E-state index in [0.29, 0.717) is 17.5 Å². The quantitative estimate of drug-likeness (QED) is 0.852. The van der Waals surface area contributed by atoms with Crippen LogP contribution in [0.1, 0.15) is 22.6 Å². The number of likely N-dealkylation sites (N-methyl/N-ethyl adjacent to an activating group) is 1. The molecule has 1 fully saturated rings. The second kappa shape index (κ2) is 7.36. The maximum absolute atomic E-state index is 12.7. The van der Waals surface area contributed by atoms with Gasteiger partial charge in [-0.1, -0.05) is 35.9 Å². The first kappa shape index (κ1) is 18.2. The third-order valence-corrected chi connectivity index (χ3v) is 4.97. The Balaban J connectivity index is 1.70. The van der Waals surface area contributed by atoms with E-state index < -0.39 is 11.7 Å². The van der Waals surface area contributed by atoms with Crippen molar-refractivity contribution in [2.45, 2.75) is 24.7 Å². The number of benzene rings is 2. The molecule has 2 unspecified atom stereocenters. The Morgan fingerprint density at radius 2 is 1.84 bits per heavy atom. The number of hydrogen-bond acceptors (Lipinski definition) is 2. The number of hydrogen-bond donors (Lipinski definition) is 1. The molecule has 0 spiro atoms. The van der Waals surface area contributed by atoms with E-state index in [1.165, 1.54) is 5.56 Å². The number of rotatable bonds is 4. The number of alkyl halides is 3. The van der Waals surface area contributed by atoms with E-state index in [0.717, 1.165) is 30.8 Å². The fourth-order valence-electron chi connectivity index (χ4n) is 3.41. The van der Waals surface area contributed by atoms with Crippen LogP contribution in [-0.4, -0.2) is 31.1 Å². The van der Waals surface area contributed by atoms with Crippen molar-refractivity contribution in [1.82, 2.24) is 10.2 Å². The highest BCUT2D eigenvalue weighted by molar-refractivity contribution is 6.30. The van der Waals surface area contributed by atoms with Crippen molar-refractivity contribution in [3.05, 3.63) is 70.2 Å². The van der Waals surface area contributed by atoms with Gasteiger partial charge in [-0.05, 0) is 42.4 Å². The standard InChI is InChI=1S/C19H20ClF3N2/c1-25(12-13-5-7-15(8-6-13)19(21,22)23)18-11-24-10-17(18)14-3-2-4-16(20)9-14/h2-9,17-18,24H,10-12H2,1H3. The van der Waals surface area contributed by atoms with E-state index >= 15 is 0 Å². The van der Waals surface area contributed by atoms with Crippen LogP contribution in [0.2, 0.25) is 5.02 Å². The second-order valence-electron chi connectivity index (χ2n) is 6.50. The molecule has 2 aromatic rings. The van der Waals surface area contributed by atoms with Gasteiger partial charge in [0, 0.05) is 36.6 Å². The monoisotopic (exact) mass is 368 g/mol. The Kier molecular flexibility index (Phi) is 5.37. The molecule has 1 heterocycles. The summed E-state index contributed by atoms with van der Waals surface area (Å²) in [6, 6.07) is 13.5. The fourth-order valence-corrected chi connectivity index (χ4v) is 3.61. The van der Waals surface area contributed by atoms with Crippen molar-refractivity contribution < 1.29 is 13.2 Å². The SMILES string of the molecule is CN(Cc1ccc(C(F)(F)F)cc1)C1CNCC1c1cccc(Cl)c1. The smallest absolute Gasteiger partial charge is 0.314 e. The minimum absolute atomic E-state index is 0.265. The molecule has 134 valence electrons. The van der Waals surface area contributed by atoms with E-state index in [9.17, 15) is 13.2 Å². The Hall–Kier alpha value is -1.56. The van der Waals surface area contributed by atoms with Gasteiger partial charge in [-0.3, -0.25) is 4.90 Å². The van der Waals surface area contributed by atoms with E-state index in [-0.39, 0.29) is 6.04 Å². The van der Waals surface area contributed by atoms with Gasteiger partial charge in [-0.15, -0.1) is 0 Å². The van der Waals surface area contributed by atoms with Gasteiger partial charge in [-0.25, -0.2) is 0 Å². The minimum Gasteiger partial charge on any atom is -0.314 e. The van der Waals surface area contributed by atoms with Crippen LogP contribution < -0.4 is 5.32 Å². The molecule has 3 rings (SSSR count). The van der Waals surface area contributed by atoms with Gasteiger partial charge in [0.05, 0.1) is 5.56 Å². The van der Waals surface area contributed by atoms with Crippen LogP contribution in [0, 0.1) is 0 Å². The van der Waals surface area contributed by atoms with Crippen LogP contribution in [-0.2, 0) is 12.7 Å². The van der Waals surface area contributed by atoms with E-state index in [1.54, 1.807) is 12.1 Å². The summed E-state index contributed by atoms with van der Waals surface area (Å²) in [4.78, 5) is 2.19. The first-order valence-corrected chi connectivity index (χ1v) is 8.55. The van der Waals surface area contributed by atoms with Gasteiger partial charge in [0.1, 0.15) is 0 Å². The Morgan fingerprint density at radius 1 is 1.12 bits per heavy atom. The van der Waals surface area contributed by atoms with Crippen molar-refractivity contribution in [1.29, 1.82) is 0 Å². The first-order chi connectivity index (χ1) is 11.8. The lowest BCUT2D eigenvalue weighted by atomic mass is 9.93. The van der Waals surface area contributed by atoms with Crippen LogP contribution >= 0.6 is 11.6 Å². The Morgan fingerprint density at radius 3 is 2.48 bits per heavy atom. The molecule has 2 atom stereocenters. The maximum Gasteiger partial charge on any atom is 0.416 e. The molecule has 0 saturated carbocycles. The van der Waals surface area contributed by atoms with E-state index in [2.05, 4.69) is 16.3 Å². The minimum atomic E-state index is -4.29.